The molecule has 6 heterocycles. The predicted molar refractivity (Wildman–Crippen MR) is 189 cm³/mol. The molecule has 11 nitrogen and oxygen atoms in total. The SMILES string of the molecule is CO[C@@H]1C[C@@H](C[C@H]2CC[C@H](C)[C@H]([C@@H](C)C(=O)O)O2)O[C@]2(O[C@@](C)([C@H]3CC[C@@](C)([C@@H]4O[C@@H]([C@H]5O[C@@](O)(CO)[C@H](C)C[C@@H]5C)C[C@@H]4C)O3)C[C@H]2C)[C@@H]1C. The molecule has 0 aromatic heterocycles. The first-order valence-electron chi connectivity index (χ1n) is 20.0. The third-order valence-electron chi connectivity index (χ3n) is 14.4. The molecule has 0 amide bonds. The summed E-state index contributed by atoms with van der Waals surface area (Å²) in [7, 11) is 1.77. The lowest BCUT2D eigenvalue weighted by atomic mass is 9.78. The lowest BCUT2D eigenvalue weighted by Gasteiger charge is -2.50. The topological polar surface area (TPSA) is 142 Å². The van der Waals surface area contributed by atoms with Crippen LogP contribution in [0, 0.1) is 41.4 Å². The van der Waals surface area contributed by atoms with Gasteiger partial charge in [0.05, 0.1) is 72.6 Å². The van der Waals surface area contributed by atoms with Crippen molar-refractivity contribution in [3.05, 3.63) is 0 Å². The Bertz CT molecular complexity index is 1230. The molecule has 6 aliphatic rings. The van der Waals surface area contributed by atoms with Crippen LogP contribution < -0.4 is 0 Å². The van der Waals surface area contributed by atoms with Crippen molar-refractivity contribution in [2.24, 2.45) is 41.4 Å². The molecule has 0 radical (unpaired) electrons. The third kappa shape index (κ3) is 7.19. The van der Waals surface area contributed by atoms with Gasteiger partial charge in [-0.05, 0) is 83.5 Å². The summed E-state index contributed by atoms with van der Waals surface area (Å²) in [5.41, 5.74) is -1.10. The van der Waals surface area contributed by atoms with Crippen LogP contribution in [-0.2, 0) is 38.0 Å². The van der Waals surface area contributed by atoms with Crippen LogP contribution in [0.4, 0.5) is 0 Å². The van der Waals surface area contributed by atoms with Crippen LogP contribution in [0.2, 0.25) is 0 Å². The van der Waals surface area contributed by atoms with Gasteiger partial charge in [-0.3, -0.25) is 4.79 Å². The van der Waals surface area contributed by atoms with Crippen LogP contribution in [-0.4, -0.2) is 107 Å². The highest BCUT2D eigenvalue weighted by Crippen LogP contribution is 2.57. The fourth-order valence-electron chi connectivity index (χ4n) is 11.3. The maximum atomic E-state index is 11.8. The molecule has 6 saturated heterocycles. The molecule has 1 spiro atoms. The van der Waals surface area contributed by atoms with Gasteiger partial charge in [0.25, 0.3) is 0 Å². The van der Waals surface area contributed by atoms with E-state index in [0.29, 0.717) is 6.42 Å². The van der Waals surface area contributed by atoms with E-state index in [0.717, 1.165) is 51.4 Å². The van der Waals surface area contributed by atoms with Gasteiger partial charge in [0.15, 0.2) is 11.6 Å². The Morgan fingerprint density at radius 1 is 0.863 bits per heavy atom. The van der Waals surface area contributed by atoms with Gasteiger partial charge in [-0.2, -0.15) is 0 Å². The average Bonchev–Trinajstić information content (AvgIpc) is 3.75. The number of hydrogen-bond acceptors (Lipinski definition) is 10. The molecule has 294 valence electrons. The highest BCUT2D eigenvalue weighted by Gasteiger charge is 2.65. The van der Waals surface area contributed by atoms with E-state index in [-0.39, 0.29) is 84.3 Å². The monoisotopic (exact) mass is 724 g/mol. The first kappa shape index (κ1) is 39.8. The standard InChI is InChI=1S/C40H68O11/c1-21-11-12-28(46-33(21)26(6)36(42)43)17-29-18-30(45-10)27(7)40(48-29)25(5)19-38(9,51-40)32-13-14-37(8,49-32)35-23(3)16-31(47-35)34-22(2)15-24(4)39(44,20-41)50-34/h21-35,41,44H,11-20H2,1-10H3,(H,42,43)/t21-,22-,23-,24+,25+,26+,27+,28+,29+,30+,31+,32+,33+,34-,35+,37-,38+,39-,40+/m0/s1. The second-order valence-corrected chi connectivity index (χ2v) is 18.4. The highest BCUT2D eigenvalue weighted by molar-refractivity contribution is 5.70. The zero-order valence-corrected chi connectivity index (χ0v) is 32.8. The molecule has 6 rings (SSSR count). The summed E-state index contributed by atoms with van der Waals surface area (Å²) >= 11 is 0. The minimum absolute atomic E-state index is 0.00727. The Balaban J connectivity index is 1.13. The van der Waals surface area contributed by atoms with Crippen molar-refractivity contribution in [3.8, 4) is 0 Å². The summed E-state index contributed by atoms with van der Waals surface area (Å²) < 4.78 is 47.0. The molecule has 6 fully saturated rings. The number of hydrogen-bond donors (Lipinski definition) is 3. The maximum Gasteiger partial charge on any atom is 0.308 e. The van der Waals surface area contributed by atoms with Crippen molar-refractivity contribution in [1.29, 1.82) is 0 Å². The Morgan fingerprint density at radius 2 is 1.59 bits per heavy atom. The van der Waals surface area contributed by atoms with Gasteiger partial charge in [0.1, 0.15) is 0 Å². The van der Waals surface area contributed by atoms with E-state index < -0.39 is 41.3 Å². The molecule has 6 aliphatic heterocycles. The molecule has 0 aromatic carbocycles. The van der Waals surface area contributed by atoms with Crippen molar-refractivity contribution < 1.29 is 53.3 Å². The van der Waals surface area contributed by atoms with Crippen LogP contribution in [0.25, 0.3) is 0 Å². The van der Waals surface area contributed by atoms with E-state index in [1.807, 2.05) is 6.92 Å². The van der Waals surface area contributed by atoms with Gasteiger partial charge < -0.3 is 48.5 Å². The lowest BCUT2D eigenvalue weighted by Crippen LogP contribution is -2.58. The van der Waals surface area contributed by atoms with E-state index in [2.05, 4.69) is 48.5 Å². The van der Waals surface area contributed by atoms with Gasteiger partial charge in [-0.15, -0.1) is 0 Å². The molecule has 3 N–H and O–H groups in total. The number of carbonyl (C=O) groups is 1. The molecular formula is C40H68O11. The first-order valence-corrected chi connectivity index (χ1v) is 20.0. The fourth-order valence-corrected chi connectivity index (χ4v) is 11.3. The number of aliphatic carboxylic acids is 1. The Hall–Kier alpha value is -0.890. The van der Waals surface area contributed by atoms with Crippen molar-refractivity contribution in [1.82, 2.24) is 0 Å². The van der Waals surface area contributed by atoms with Gasteiger partial charge in [0.2, 0.25) is 0 Å². The van der Waals surface area contributed by atoms with E-state index in [1.54, 1.807) is 14.0 Å². The minimum atomic E-state index is -1.55. The summed E-state index contributed by atoms with van der Waals surface area (Å²) in [5.74, 6) is -3.26. The number of aliphatic hydroxyl groups is 2. The molecular weight excluding hydrogens is 656 g/mol. The van der Waals surface area contributed by atoms with Crippen molar-refractivity contribution in [2.75, 3.05) is 13.7 Å². The van der Waals surface area contributed by atoms with Gasteiger partial charge >= 0.3 is 5.97 Å². The summed E-state index contributed by atoms with van der Waals surface area (Å²) in [6.45, 7) is 18.4. The summed E-state index contributed by atoms with van der Waals surface area (Å²) in [6.07, 6.45) is 5.85. The zero-order chi connectivity index (χ0) is 37.3. The predicted octanol–water partition coefficient (Wildman–Crippen LogP) is 5.71. The average molecular weight is 725 g/mol. The molecule has 51 heavy (non-hydrogen) atoms. The molecule has 0 aromatic rings. The van der Waals surface area contributed by atoms with Crippen LogP contribution in [0.15, 0.2) is 0 Å². The molecule has 0 bridgehead atoms. The number of rotatable bonds is 9. The third-order valence-corrected chi connectivity index (χ3v) is 14.4. The van der Waals surface area contributed by atoms with E-state index in [9.17, 15) is 20.1 Å². The quantitative estimate of drug-likeness (QED) is 0.269. The largest absolute Gasteiger partial charge is 0.481 e. The summed E-state index contributed by atoms with van der Waals surface area (Å²) in [6, 6.07) is 0. The number of ether oxygens (including phenoxy) is 7. The van der Waals surface area contributed by atoms with Gasteiger partial charge in [0, 0.05) is 37.7 Å². The van der Waals surface area contributed by atoms with Crippen molar-refractivity contribution in [3.63, 3.8) is 0 Å². The first-order chi connectivity index (χ1) is 23.9. The Morgan fingerprint density at radius 3 is 2.25 bits per heavy atom. The second kappa shape index (κ2) is 14.6. The van der Waals surface area contributed by atoms with E-state index in [1.165, 1.54) is 0 Å². The Labute approximate surface area is 305 Å². The molecule has 0 aliphatic carbocycles. The van der Waals surface area contributed by atoms with E-state index in [4.69, 9.17) is 33.2 Å². The van der Waals surface area contributed by atoms with Crippen molar-refractivity contribution >= 4 is 5.97 Å². The van der Waals surface area contributed by atoms with Crippen LogP contribution in [0.1, 0.15) is 120 Å². The molecule has 11 heteroatoms. The highest BCUT2D eigenvalue weighted by atomic mass is 16.7. The van der Waals surface area contributed by atoms with Crippen LogP contribution >= 0.6 is 0 Å². The molecule has 19 atom stereocenters. The number of carboxylic acid groups (broad SMARTS) is 1. The van der Waals surface area contributed by atoms with Crippen LogP contribution in [0.5, 0.6) is 0 Å². The van der Waals surface area contributed by atoms with E-state index >= 15 is 0 Å². The van der Waals surface area contributed by atoms with Gasteiger partial charge in [-0.25, -0.2) is 0 Å². The fraction of sp³-hybridized carbons (Fsp3) is 0.975. The molecule has 0 unspecified atom stereocenters. The number of carboxylic acids is 1. The Kier molecular flexibility index (Phi) is 11.4. The lowest BCUT2D eigenvalue weighted by molar-refractivity contribution is -0.353. The summed E-state index contributed by atoms with van der Waals surface area (Å²) in [5, 5.41) is 30.7. The van der Waals surface area contributed by atoms with Gasteiger partial charge in [-0.1, -0.05) is 41.5 Å². The summed E-state index contributed by atoms with van der Waals surface area (Å²) in [4.78, 5) is 11.8. The number of aliphatic hydroxyl groups excluding tert-OH is 1. The van der Waals surface area contributed by atoms with Crippen molar-refractivity contribution in [2.45, 2.75) is 192 Å². The normalized spacial score (nSPS) is 54.2. The smallest absolute Gasteiger partial charge is 0.308 e. The second-order valence-electron chi connectivity index (χ2n) is 18.4. The maximum absolute atomic E-state index is 11.8. The minimum Gasteiger partial charge on any atom is -0.481 e. The number of methoxy groups -OCH3 is 1. The zero-order valence-electron chi connectivity index (χ0n) is 32.8. The van der Waals surface area contributed by atoms with Crippen LogP contribution in [0.3, 0.4) is 0 Å². The molecule has 0 saturated carbocycles.